The molecule has 0 fully saturated rings. The van der Waals surface area contributed by atoms with Crippen LogP contribution in [-0.4, -0.2) is 34.4 Å². The first-order chi connectivity index (χ1) is 13.0. The zero-order valence-corrected chi connectivity index (χ0v) is 17.0. The molecule has 0 aliphatic heterocycles. The van der Waals surface area contributed by atoms with Gasteiger partial charge in [0.05, 0.1) is 22.9 Å². The topological polar surface area (TPSA) is 56.1 Å². The van der Waals surface area contributed by atoms with E-state index in [4.69, 9.17) is 9.72 Å². The number of carbonyl (C=O) groups excluding carboxylic acids is 1. The molecular weight excluding hydrogens is 358 g/mol. The Morgan fingerprint density at radius 1 is 1.26 bits per heavy atom. The maximum atomic E-state index is 12.7. The zero-order chi connectivity index (χ0) is 19.4. The van der Waals surface area contributed by atoms with Gasteiger partial charge in [-0.15, -0.1) is 0 Å². The van der Waals surface area contributed by atoms with Gasteiger partial charge in [-0.3, -0.25) is 4.79 Å². The number of rotatable bonds is 7. The van der Waals surface area contributed by atoms with Crippen LogP contribution < -0.4 is 5.32 Å². The van der Waals surface area contributed by atoms with E-state index in [-0.39, 0.29) is 11.2 Å². The zero-order valence-electron chi connectivity index (χ0n) is 16.2. The molecule has 0 saturated carbocycles. The van der Waals surface area contributed by atoms with E-state index in [9.17, 15) is 4.79 Å². The molecule has 1 atom stereocenters. The van der Waals surface area contributed by atoms with E-state index in [0.29, 0.717) is 13.2 Å². The summed E-state index contributed by atoms with van der Waals surface area (Å²) < 4.78 is 7.35. The Kier molecular flexibility index (Phi) is 6.19. The minimum absolute atomic E-state index is 0.0303. The van der Waals surface area contributed by atoms with Crippen molar-refractivity contribution in [3.05, 3.63) is 53.6 Å². The minimum Gasteiger partial charge on any atom is -0.383 e. The van der Waals surface area contributed by atoms with E-state index in [2.05, 4.69) is 16.0 Å². The Hall–Kier alpha value is -2.31. The van der Waals surface area contributed by atoms with Crippen molar-refractivity contribution in [1.29, 1.82) is 0 Å². The summed E-state index contributed by atoms with van der Waals surface area (Å²) in [7, 11) is 1.69. The fourth-order valence-corrected chi connectivity index (χ4v) is 3.89. The fraction of sp³-hybridized carbons (Fsp3) is 0.333. The maximum absolute atomic E-state index is 12.7. The van der Waals surface area contributed by atoms with E-state index >= 15 is 0 Å². The van der Waals surface area contributed by atoms with Crippen LogP contribution in [0, 0.1) is 13.8 Å². The fourth-order valence-electron chi connectivity index (χ4n) is 2.94. The van der Waals surface area contributed by atoms with Crippen molar-refractivity contribution in [2.24, 2.45) is 0 Å². The number of thioether (sulfide) groups is 1. The summed E-state index contributed by atoms with van der Waals surface area (Å²) in [6.07, 6.45) is 0. The maximum Gasteiger partial charge on any atom is 0.237 e. The van der Waals surface area contributed by atoms with Crippen molar-refractivity contribution in [1.82, 2.24) is 9.55 Å². The molecule has 0 aliphatic rings. The number of aromatic nitrogens is 2. The van der Waals surface area contributed by atoms with Crippen LogP contribution in [0.15, 0.2) is 47.6 Å². The number of hydrogen-bond acceptors (Lipinski definition) is 4. The number of nitrogens with zero attached hydrogens (tertiary/aromatic N) is 2. The summed E-state index contributed by atoms with van der Waals surface area (Å²) in [5.41, 5.74) is 5.08. The molecule has 0 saturated heterocycles. The van der Waals surface area contributed by atoms with Crippen molar-refractivity contribution < 1.29 is 9.53 Å². The summed E-state index contributed by atoms with van der Waals surface area (Å²) in [5.74, 6) is -0.0303. The first-order valence-corrected chi connectivity index (χ1v) is 9.86. The molecule has 0 spiro atoms. The first kappa shape index (κ1) is 19.5. The normalized spacial score (nSPS) is 12.3. The summed E-state index contributed by atoms with van der Waals surface area (Å²) in [4.78, 5) is 17.4. The van der Waals surface area contributed by atoms with E-state index in [0.717, 1.165) is 27.4 Å². The lowest BCUT2D eigenvalue weighted by molar-refractivity contribution is -0.115. The summed E-state index contributed by atoms with van der Waals surface area (Å²) in [5, 5.41) is 3.59. The molecule has 1 N–H and O–H groups in total. The molecule has 0 radical (unpaired) electrons. The van der Waals surface area contributed by atoms with Crippen LogP contribution in [0.3, 0.4) is 0 Å². The third-order valence-corrected chi connectivity index (χ3v) is 5.52. The number of aryl methyl sites for hydroxylation is 2. The predicted octanol–water partition coefficient (Wildman–Crippen LogP) is 4.42. The van der Waals surface area contributed by atoms with Crippen molar-refractivity contribution in [3.8, 4) is 0 Å². The molecule has 1 heterocycles. The van der Waals surface area contributed by atoms with Crippen LogP contribution in [0.1, 0.15) is 18.1 Å². The molecule has 3 rings (SSSR count). The monoisotopic (exact) mass is 383 g/mol. The van der Waals surface area contributed by atoms with Gasteiger partial charge in [0.1, 0.15) is 0 Å². The quantitative estimate of drug-likeness (QED) is 0.614. The molecule has 6 heteroatoms. The largest absolute Gasteiger partial charge is 0.383 e. The van der Waals surface area contributed by atoms with E-state index < -0.39 is 0 Å². The smallest absolute Gasteiger partial charge is 0.237 e. The molecule has 3 aromatic rings. The number of amides is 1. The van der Waals surface area contributed by atoms with Gasteiger partial charge < -0.3 is 14.6 Å². The number of methoxy groups -OCH3 is 1. The van der Waals surface area contributed by atoms with E-state index in [1.54, 1.807) is 7.11 Å². The first-order valence-electron chi connectivity index (χ1n) is 8.98. The molecule has 27 heavy (non-hydrogen) atoms. The minimum atomic E-state index is -0.274. The van der Waals surface area contributed by atoms with Gasteiger partial charge in [-0.05, 0) is 44.5 Å². The second-order valence-corrected chi connectivity index (χ2v) is 7.90. The van der Waals surface area contributed by atoms with Gasteiger partial charge in [0.15, 0.2) is 5.16 Å². The highest BCUT2D eigenvalue weighted by Gasteiger charge is 2.20. The lowest BCUT2D eigenvalue weighted by Gasteiger charge is -2.15. The molecule has 0 bridgehead atoms. The summed E-state index contributed by atoms with van der Waals surface area (Å²) in [6.45, 7) is 7.25. The average molecular weight is 384 g/mol. The number of ether oxygens (including phenoxy) is 1. The highest BCUT2D eigenvalue weighted by atomic mass is 32.2. The number of para-hydroxylation sites is 2. The van der Waals surface area contributed by atoms with Gasteiger partial charge in [-0.1, -0.05) is 41.6 Å². The van der Waals surface area contributed by atoms with Crippen LogP contribution in [0.5, 0.6) is 0 Å². The average Bonchev–Trinajstić information content (AvgIpc) is 2.99. The number of fused-ring (bicyclic) bond motifs is 1. The predicted molar refractivity (Wildman–Crippen MR) is 111 cm³/mol. The van der Waals surface area contributed by atoms with Crippen LogP contribution in [0.4, 0.5) is 5.69 Å². The Bertz CT molecular complexity index is 952. The van der Waals surface area contributed by atoms with Gasteiger partial charge in [-0.2, -0.15) is 0 Å². The molecule has 142 valence electrons. The Morgan fingerprint density at radius 2 is 2.04 bits per heavy atom. The van der Waals surface area contributed by atoms with Crippen molar-refractivity contribution in [3.63, 3.8) is 0 Å². The highest BCUT2D eigenvalue weighted by molar-refractivity contribution is 8.00. The van der Waals surface area contributed by atoms with Gasteiger partial charge in [0, 0.05) is 19.3 Å². The molecular formula is C21H25N3O2S. The molecule has 5 nitrogen and oxygen atoms in total. The standard InChI is InChI=1S/C21H25N3O2S/c1-14-9-10-17(15(2)13-14)22-20(25)16(3)27-21-23-18-7-5-6-8-19(18)24(21)11-12-26-4/h5-10,13,16H,11-12H2,1-4H3,(H,22,25). The van der Waals surface area contributed by atoms with Gasteiger partial charge >= 0.3 is 0 Å². The lowest BCUT2D eigenvalue weighted by Crippen LogP contribution is -2.23. The third kappa shape index (κ3) is 4.51. The summed E-state index contributed by atoms with van der Waals surface area (Å²) in [6, 6.07) is 14.0. The van der Waals surface area contributed by atoms with Crippen molar-refractivity contribution in [2.75, 3.05) is 19.0 Å². The van der Waals surface area contributed by atoms with Gasteiger partial charge in [-0.25, -0.2) is 4.98 Å². The molecule has 1 unspecified atom stereocenters. The number of nitrogens with one attached hydrogen (secondary N) is 1. The molecule has 1 aromatic heterocycles. The third-order valence-electron chi connectivity index (χ3n) is 4.43. The van der Waals surface area contributed by atoms with Crippen LogP contribution in [-0.2, 0) is 16.1 Å². The number of carbonyl (C=O) groups is 1. The Balaban J connectivity index is 1.78. The highest BCUT2D eigenvalue weighted by Crippen LogP contribution is 2.28. The van der Waals surface area contributed by atoms with E-state index in [1.165, 1.54) is 17.3 Å². The lowest BCUT2D eigenvalue weighted by atomic mass is 10.1. The van der Waals surface area contributed by atoms with Gasteiger partial charge in [0.25, 0.3) is 0 Å². The van der Waals surface area contributed by atoms with Crippen LogP contribution in [0.25, 0.3) is 11.0 Å². The van der Waals surface area contributed by atoms with Gasteiger partial charge in [0.2, 0.25) is 5.91 Å². The second kappa shape index (κ2) is 8.59. The molecule has 1 amide bonds. The molecule has 0 aliphatic carbocycles. The van der Waals surface area contributed by atoms with Crippen molar-refractivity contribution in [2.45, 2.75) is 37.7 Å². The van der Waals surface area contributed by atoms with Crippen LogP contribution in [0.2, 0.25) is 0 Å². The summed E-state index contributed by atoms with van der Waals surface area (Å²) >= 11 is 1.47. The second-order valence-electron chi connectivity index (χ2n) is 6.60. The van der Waals surface area contributed by atoms with Crippen molar-refractivity contribution >= 4 is 34.4 Å². The number of anilines is 1. The Labute approximate surface area is 164 Å². The number of imidazole rings is 1. The number of benzene rings is 2. The SMILES string of the molecule is COCCn1c(SC(C)C(=O)Nc2ccc(C)cc2C)nc2ccccc21. The van der Waals surface area contributed by atoms with E-state index in [1.807, 2.05) is 57.2 Å². The van der Waals surface area contributed by atoms with Crippen LogP contribution >= 0.6 is 11.8 Å². The number of hydrogen-bond donors (Lipinski definition) is 1. The Morgan fingerprint density at radius 3 is 2.78 bits per heavy atom. The molecule has 2 aromatic carbocycles.